The van der Waals surface area contributed by atoms with E-state index in [1.165, 1.54) is 0 Å². The number of rotatable bonds is 7. The molecule has 0 aliphatic carbocycles. The number of carboxylic acid groups (broad SMARTS) is 1. The third kappa shape index (κ3) is 5.57. The molecule has 1 aromatic rings. The van der Waals surface area contributed by atoms with Crippen LogP contribution in [0, 0.1) is 16.7 Å². The van der Waals surface area contributed by atoms with Gasteiger partial charge in [-0.25, -0.2) is 9.69 Å². The van der Waals surface area contributed by atoms with Crippen molar-refractivity contribution >= 4 is 18.0 Å². The van der Waals surface area contributed by atoms with Crippen molar-refractivity contribution in [3.63, 3.8) is 0 Å². The number of carboxylic acids is 1. The van der Waals surface area contributed by atoms with E-state index < -0.39 is 35.3 Å². The van der Waals surface area contributed by atoms with Gasteiger partial charge in [0, 0.05) is 0 Å². The molecule has 1 heterocycles. The maximum absolute atomic E-state index is 13.4. The van der Waals surface area contributed by atoms with E-state index in [1.54, 1.807) is 0 Å². The summed E-state index contributed by atoms with van der Waals surface area (Å²) in [6, 6.07) is 9.15. The van der Waals surface area contributed by atoms with Gasteiger partial charge in [0.1, 0.15) is 6.61 Å². The first-order valence-electron chi connectivity index (χ1n) is 9.66. The number of carbonyl (C=O) groups is 3. The predicted molar refractivity (Wildman–Crippen MR) is 106 cm³/mol. The highest BCUT2D eigenvalue weighted by Crippen LogP contribution is 2.42. The van der Waals surface area contributed by atoms with Gasteiger partial charge in [-0.3, -0.25) is 9.59 Å². The highest BCUT2D eigenvalue weighted by Gasteiger charge is 2.47. The molecule has 0 spiro atoms. The van der Waals surface area contributed by atoms with Crippen molar-refractivity contribution in [2.24, 2.45) is 16.7 Å². The Kier molecular flexibility index (Phi) is 6.52. The van der Waals surface area contributed by atoms with Crippen LogP contribution in [-0.4, -0.2) is 40.6 Å². The molecule has 2 rings (SSSR count). The molecule has 6 nitrogen and oxygen atoms in total. The van der Waals surface area contributed by atoms with Gasteiger partial charge in [0.2, 0.25) is 5.91 Å². The fourth-order valence-corrected chi connectivity index (χ4v) is 4.30. The molecule has 1 aromatic carbocycles. The summed E-state index contributed by atoms with van der Waals surface area (Å²) in [6.45, 7) is 10.1. The van der Waals surface area contributed by atoms with E-state index in [-0.39, 0.29) is 18.4 Å². The highest BCUT2D eigenvalue weighted by molar-refractivity contribution is 5.96. The van der Waals surface area contributed by atoms with Gasteiger partial charge < -0.3 is 9.84 Å². The van der Waals surface area contributed by atoms with Crippen molar-refractivity contribution in [1.29, 1.82) is 0 Å². The number of ether oxygens (including phenoxy) is 1. The standard InChI is InChI=1S/C22H31NO5/c1-21(2,3)14-22(4,5)17(12-18(24)25)19(26)23-16(13-28-20(23)27)11-15-9-7-6-8-10-15/h6-10,16-17H,11-14H2,1-5H3,(H,24,25)/t16-,17+/m1/s1. The van der Waals surface area contributed by atoms with Crippen molar-refractivity contribution in [2.75, 3.05) is 6.61 Å². The normalized spacial score (nSPS) is 18.7. The molecule has 1 aliphatic heterocycles. The van der Waals surface area contributed by atoms with Crippen LogP contribution in [-0.2, 0) is 20.7 Å². The minimum atomic E-state index is -1.05. The highest BCUT2D eigenvalue weighted by atomic mass is 16.6. The zero-order chi connectivity index (χ0) is 21.1. The third-order valence-corrected chi connectivity index (χ3v) is 5.12. The summed E-state index contributed by atoms with van der Waals surface area (Å²) in [4.78, 5) is 38.4. The predicted octanol–water partition coefficient (Wildman–Crippen LogP) is 4.13. The van der Waals surface area contributed by atoms with E-state index in [4.69, 9.17) is 4.74 Å². The van der Waals surface area contributed by atoms with Gasteiger partial charge in [-0.15, -0.1) is 0 Å². The van der Waals surface area contributed by atoms with Crippen molar-refractivity contribution in [3.05, 3.63) is 35.9 Å². The number of hydrogen-bond donors (Lipinski definition) is 1. The Morgan fingerprint density at radius 1 is 1.18 bits per heavy atom. The summed E-state index contributed by atoms with van der Waals surface area (Å²) in [5, 5.41) is 9.42. The number of amides is 2. The lowest BCUT2D eigenvalue weighted by Crippen LogP contribution is -2.48. The molecular formula is C22H31NO5. The summed E-state index contributed by atoms with van der Waals surface area (Å²) in [6.07, 6.45) is 0.130. The average Bonchev–Trinajstić information content (AvgIpc) is 2.91. The molecule has 6 heteroatoms. The van der Waals surface area contributed by atoms with Crippen LogP contribution in [0.4, 0.5) is 4.79 Å². The second kappa shape index (κ2) is 8.33. The Hall–Kier alpha value is -2.37. The first-order valence-corrected chi connectivity index (χ1v) is 9.66. The molecule has 2 atom stereocenters. The summed E-state index contributed by atoms with van der Waals surface area (Å²) in [7, 11) is 0. The minimum Gasteiger partial charge on any atom is -0.481 e. The Labute approximate surface area is 166 Å². The number of benzene rings is 1. The quantitative estimate of drug-likeness (QED) is 0.758. The van der Waals surface area contributed by atoms with E-state index in [0.29, 0.717) is 12.8 Å². The fraction of sp³-hybridized carbons (Fsp3) is 0.591. The van der Waals surface area contributed by atoms with Gasteiger partial charge in [-0.1, -0.05) is 65.0 Å². The average molecular weight is 389 g/mol. The molecule has 1 aliphatic rings. The van der Waals surface area contributed by atoms with Crippen LogP contribution in [0.15, 0.2) is 30.3 Å². The number of cyclic esters (lactones) is 1. The number of aliphatic carboxylic acids is 1. The molecule has 1 fully saturated rings. The first-order chi connectivity index (χ1) is 12.9. The topological polar surface area (TPSA) is 83.9 Å². The summed E-state index contributed by atoms with van der Waals surface area (Å²) in [5.74, 6) is -2.32. The lowest BCUT2D eigenvalue weighted by molar-refractivity contribution is -0.148. The van der Waals surface area contributed by atoms with Crippen LogP contribution in [0.1, 0.15) is 53.0 Å². The zero-order valence-electron chi connectivity index (χ0n) is 17.4. The molecule has 1 N–H and O–H groups in total. The van der Waals surface area contributed by atoms with Gasteiger partial charge in [-0.2, -0.15) is 0 Å². The van der Waals surface area contributed by atoms with Crippen molar-refractivity contribution in [2.45, 2.75) is 59.9 Å². The van der Waals surface area contributed by atoms with Gasteiger partial charge in [-0.05, 0) is 29.2 Å². The maximum atomic E-state index is 13.4. The van der Waals surface area contributed by atoms with E-state index in [9.17, 15) is 19.5 Å². The van der Waals surface area contributed by atoms with Gasteiger partial charge >= 0.3 is 12.1 Å². The number of imide groups is 1. The second-order valence-electron chi connectivity index (χ2n) is 9.51. The smallest absolute Gasteiger partial charge is 0.416 e. The Morgan fingerprint density at radius 3 is 2.32 bits per heavy atom. The largest absolute Gasteiger partial charge is 0.481 e. The van der Waals surface area contributed by atoms with Crippen LogP contribution in [0.5, 0.6) is 0 Å². The lowest BCUT2D eigenvalue weighted by atomic mass is 9.67. The van der Waals surface area contributed by atoms with E-state index in [2.05, 4.69) is 20.8 Å². The Morgan fingerprint density at radius 2 is 1.79 bits per heavy atom. The fourth-order valence-electron chi connectivity index (χ4n) is 4.30. The third-order valence-electron chi connectivity index (χ3n) is 5.12. The Bertz CT molecular complexity index is 720. The molecule has 0 aromatic heterocycles. The van der Waals surface area contributed by atoms with Crippen molar-refractivity contribution in [3.8, 4) is 0 Å². The first kappa shape index (κ1) is 21.9. The van der Waals surface area contributed by atoms with E-state index in [0.717, 1.165) is 10.5 Å². The summed E-state index contributed by atoms with van der Waals surface area (Å²) >= 11 is 0. The van der Waals surface area contributed by atoms with Gasteiger partial charge in [0.25, 0.3) is 0 Å². The molecule has 0 bridgehead atoms. The monoisotopic (exact) mass is 389 g/mol. The minimum absolute atomic E-state index is 0.0878. The number of carbonyl (C=O) groups excluding carboxylic acids is 2. The van der Waals surface area contributed by atoms with Crippen LogP contribution in [0.25, 0.3) is 0 Å². The lowest BCUT2D eigenvalue weighted by Gasteiger charge is -2.39. The molecule has 2 amide bonds. The van der Waals surface area contributed by atoms with E-state index >= 15 is 0 Å². The maximum Gasteiger partial charge on any atom is 0.416 e. The molecule has 0 unspecified atom stereocenters. The van der Waals surface area contributed by atoms with Crippen molar-refractivity contribution in [1.82, 2.24) is 4.90 Å². The van der Waals surface area contributed by atoms with Gasteiger partial charge in [0.15, 0.2) is 0 Å². The molecule has 28 heavy (non-hydrogen) atoms. The number of nitrogens with zero attached hydrogens (tertiary/aromatic N) is 1. The molecular weight excluding hydrogens is 358 g/mol. The molecule has 0 saturated carbocycles. The van der Waals surface area contributed by atoms with Crippen LogP contribution >= 0.6 is 0 Å². The zero-order valence-corrected chi connectivity index (χ0v) is 17.4. The summed E-state index contributed by atoms with van der Waals surface area (Å²) < 4.78 is 5.16. The second-order valence-corrected chi connectivity index (χ2v) is 9.51. The molecule has 0 radical (unpaired) electrons. The molecule has 154 valence electrons. The van der Waals surface area contributed by atoms with Crippen LogP contribution in [0.2, 0.25) is 0 Å². The SMILES string of the molecule is CC(C)(C)CC(C)(C)[C@@H](CC(=O)O)C(=O)N1C(=O)OC[C@H]1Cc1ccccc1. The van der Waals surface area contributed by atoms with Crippen LogP contribution in [0.3, 0.4) is 0 Å². The van der Waals surface area contributed by atoms with Crippen LogP contribution < -0.4 is 0 Å². The van der Waals surface area contributed by atoms with Gasteiger partial charge in [0.05, 0.1) is 18.4 Å². The van der Waals surface area contributed by atoms with Crippen molar-refractivity contribution < 1.29 is 24.2 Å². The van der Waals surface area contributed by atoms with E-state index in [1.807, 2.05) is 44.2 Å². The number of hydrogen-bond acceptors (Lipinski definition) is 4. The summed E-state index contributed by atoms with van der Waals surface area (Å²) in [5.41, 5.74) is 0.316. The molecule has 1 saturated heterocycles. The Balaban J connectivity index is 2.29.